The largest absolute Gasteiger partial charge is 0.455 e. The van der Waals surface area contributed by atoms with Gasteiger partial charge in [-0.1, -0.05) is 115 Å². The zero-order valence-corrected chi connectivity index (χ0v) is 16.9. The van der Waals surface area contributed by atoms with E-state index in [-0.39, 0.29) is 60.2 Å². The highest BCUT2D eigenvalue weighted by atomic mass is 16.3. The van der Waals surface area contributed by atoms with Crippen molar-refractivity contribution in [2.75, 3.05) is 0 Å². The van der Waals surface area contributed by atoms with Crippen LogP contribution in [0.3, 0.4) is 0 Å². The highest BCUT2D eigenvalue weighted by molar-refractivity contribution is 6.24. The van der Waals surface area contributed by atoms with Crippen molar-refractivity contribution in [3.8, 4) is 22.3 Å². The van der Waals surface area contributed by atoms with E-state index in [1.165, 1.54) is 6.07 Å². The lowest BCUT2D eigenvalue weighted by molar-refractivity contribution is 0.670. The van der Waals surface area contributed by atoms with Crippen LogP contribution < -0.4 is 0 Å². The molecule has 6 aromatic carbocycles. The Morgan fingerprint density at radius 2 is 1.12 bits per heavy atom. The Kier molecular flexibility index (Phi) is 1.98. The molecule has 0 unspecified atom stereocenters. The molecule has 1 nitrogen and oxygen atoms in total. The fraction of sp³-hybridized carbons (Fsp3) is 0. The van der Waals surface area contributed by atoms with E-state index in [0.29, 0.717) is 5.56 Å². The molecule has 1 aromatic heterocycles. The van der Waals surface area contributed by atoms with E-state index in [4.69, 9.17) is 23.6 Å². The average Bonchev–Trinajstić information content (AvgIpc) is 3.46. The normalized spacial score (nSPS) is 17.6. The van der Waals surface area contributed by atoms with Crippen LogP contribution in [0, 0.1) is 0 Å². The van der Waals surface area contributed by atoms with E-state index < -0.39 is 84.6 Å². The second kappa shape index (κ2) is 7.08. The number of fused-ring (bicyclic) bond motifs is 5. The quantitative estimate of drug-likeness (QED) is 0.247. The lowest BCUT2D eigenvalue weighted by atomic mass is 9.85. The summed E-state index contributed by atoms with van der Waals surface area (Å²) >= 11 is 0. The molecular weight excluding hydrogens is 400 g/mol. The topological polar surface area (TPSA) is 13.1 Å². The maximum atomic E-state index is 9.10. The van der Waals surface area contributed by atoms with Crippen molar-refractivity contribution in [1.82, 2.24) is 0 Å². The molecule has 0 spiro atoms. The van der Waals surface area contributed by atoms with Gasteiger partial charge in [0, 0.05) is 21.9 Å². The van der Waals surface area contributed by atoms with Gasteiger partial charge < -0.3 is 4.42 Å². The first kappa shape index (κ1) is 9.25. The van der Waals surface area contributed by atoms with Crippen LogP contribution in [0.25, 0.3) is 65.7 Å². The fourth-order valence-electron chi connectivity index (χ4n) is 4.35. The molecule has 0 saturated carbocycles. The SMILES string of the molecule is [2H]c1cc2c(-c3c([2H])c([2H])c([2H])c4c3oc3c([2H])c([2H])c([2H])c([2H])c34)c3c([2H])c([2H])c([2H])c([2H])c3c(-c3ccccc3)c2c([2H])c1[2H]. The minimum Gasteiger partial charge on any atom is -0.455 e. The van der Waals surface area contributed by atoms with Crippen LogP contribution in [0.5, 0.6) is 0 Å². The predicted molar refractivity (Wildman–Crippen MR) is 140 cm³/mol. The van der Waals surface area contributed by atoms with Gasteiger partial charge in [0.1, 0.15) is 11.2 Å². The maximum absolute atomic E-state index is 9.10. The molecule has 1 heteroatoms. The van der Waals surface area contributed by atoms with Crippen LogP contribution in [-0.2, 0) is 0 Å². The molecule has 7 aromatic rings. The van der Waals surface area contributed by atoms with Gasteiger partial charge in [-0.05, 0) is 38.7 Å². The number of hydrogen-bond acceptors (Lipinski definition) is 1. The summed E-state index contributed by atoms with van der Waals surface area (Å²) in [6.07, 6.45) is 0. The summed E-state index contributed by atoms with van der Waals surface area (Å²) in [7, 11) is 0. The maximum Gasteiger partial charge on any atom is 0.143 e. The lowest BCUT2D eigenvalue weighted by Gasteiger charge is -2.17. The van der Waals surface area contributed by atoms with Crippen LogP contribution in [0.2, 0.25) is 0 Å². The molecule has 0 amide bonds. The van der Waals surface area contributed by atoms with Crippen molar-refractivity contribution >= 4 is 43.5 Å². The Balaban J connectivity index is 1.89. The minimum atomic E-state index is -0.647. The van der Waals surface area contributed by atoms with Gasteiger partial charge >= 0.3 is 0 Å². The van der Waals surface area contributed by atoms with Gasteiger partial charge in [0.2, 0.25) is 0 Å². The standard InChI is InChI=1S/C32H20O/c1-2-11-21(12-3-1)30-23-14-4-6-16-25(23)31(26-17-7-5-15-24(26)30)28-19-10-18-27-22-13-8-9-20-29(22)33-32(27)28/h1-20H/i4D,5D,6D,7D,8D,9D,10D,13D,14D,15D,16D,18D,19D,20D. The third kappa shape index (κ3) is 2.66. The molecule has 0 fully saturated rings. The van der Waals surface area contributed by atoms with Crippen LogP contribution in [0.1, 0.15) is 19.2 Å². The van der Waals surface area contributed by atoms with Gasteiger partial charge in [0.25, 0.3) is 0 Å². The van der Waals surface area contributed by atoms with Crippen molar-refractivity contribution in [2.24, 2.45) is 0 Å². The second-order valence-corrected chi connectivity index (χ2v) is 7.45. The molecule has 0 aliphatic rings. The molecule has 0 aliphatic carbocycles. The van der Waals surface area contributed by atoms with Crippen molar-refractivity contribution in [3.63, 3.8) is 0 Å². The lowest BCUT2D eigenvalue weighted by Crippen LogP contribution is -1.90. The van der Waals surface area contributed by atoms with Crippen LogP contribution in [0.4, 0.5) is 0 Å². The molecule has 7 rings (SSSR count). The summed E-state index contributed by atoms with van der Waals surface area (Å²) in [5, 5.41) is -0.501. The molecule has 1 heterocycles. The third-order valence-corrected chi connectivity index (χ3v) is 5.70. The van der Waals surface area contributed by atoms with E-state index >= 15 is 0 Å². The van der Waals surface area contributed by atoms with Gasteiger partial charge in [0.15, 0.2) is 0 Å². The minimum absolute atomic E-state index is 0.0409. The van der Waals surface area contributed by atoms with E-state index in [1.807, 2.05) is 0 Å². The molecular formula is C32H20O. The summed E-state index contributed by atoms with van der Waals surface area (Å²) in [5.74, 6) is 0. The van der Waals surface area contributed by atoms with Crippen molar-refractivity contribution in [3.05, 3.63) is 121 Å². The predicted octanol–water partition coefficient (Wildman–Crippen LogP) is 9.23. The molecule has 33 heavy (non-hydrogen) atoms. The van der Waals surface area contributed by atoms with Crippen LogP contribution in [0.15, 0.2) is 125 Å². The summed E-state index contributed by atoms with van der Waals surface area (Å²) in [5.41, 5.74) is -0.366. The fourth-order valence-corrected chi connectivity index (χ4v) is 4.35. The number of hydrogen-bond donors (Lipinski definition) is 0. The highest BCUT2D eigenvalue weighted by Gasteiger charge is 2.19. The van der Waals surface area contributed by atoms with Crippen molar-refractivity contribution < 1.29 is 23.6 Å². The van der Waals surface area contributed by atoms with E-state index in [1.54, 1.807) is 30.3 Å². The summed E-state index contributed by atoms with van der Waals surface area (Å²) in [4.78, 5) is 0. The van der Waals surface area contributed by atoms with Crippen molar-refractivity contribution in [1.29, 1.82) is 0 Å². The Morgan fingerprint density at radius 1 is 0.485 bits per heavy atom. The van der Waals surface area contributed by atoms with E-state index in [2.05, 4.69) is 0 Å². The van der Waals surface area contributed by atoms with Crippen LogP contribution >= 0.6 is 0 Å². The molecule has 0 saturated heterocycles. The van der Waals surface area contributed by atoms with Gasteiger partial charge in [-0.25, -0.2) is 0 Å². The zero-order chi connectivity index (χ0) is 34.0. The second-order valence-electron chi connectivity index (χ2n) is 7.45. The Hall–Kier alpha value is -4.36. The number of rotatable bonds is 2. The Labute approximate surface area is 211 Å². The molecule has 154 valence electrons. The molecule has 0 atom stereocenters. The van der Waals surface area contributed by atoms with E-state index in [9.17, 15) is 0 Å². The molecule has 0 N–H and O–H groups in total. The van der Waals surface area contributed by atoms with Gasteiger partial charge in [-0.3, -0.25) is 0 Å². The van der Waals surface area contributed by atoms with E-state index in [0.717, 1.165) is 0 Å². The average molecular weight is 435 g/mol. The first-order chi connectivity index (χ1) is 22.2. The molecule has 0 bridgehead atoms. The highest BCUT2D eigenvalue weighted by Crippen LogP contribution is 2.46. The number of benzene rings is 6. The Bertz CT molecular complexity index is 2560. The first-order valence-corrected chi connectivity index (χ1v) is 10.1. The summed E-state index contributed by atoms with van der Waals surface area (Å²) < 4.78 is 128. The zero-order valence-electron chi connectivity index (χ0n) is 30.9. The third-order valence-electron chi connectivity index (χ3n) is 5.70. The van der Waals surface area contributed by atoms with Gasteiger partial charge in [-0.2, -0.15) is 0 Å². The number of para-hydroxylation sites is 2. The molecule has 0 radical (unpaired) electrons. The number of furan rings is 1. The van der Waals surface area contributed by atoms with Gasteiger partial charge in [-0.15, -0.1) is 0 Å². The monoisotopic (exact) mass is 434 g/mol. The summed E-state index contributed by atoms with van der Waals surface area (Å²) in [6.45, 7) is 0. The Morgan fingerprint density at radius 3 is 1.94 bits per heavy atom. The molecule has 0 aliphatic heterocycles. The smallest absolute Gasteiger partial charge is 0.143 e. The van der Waals surface area contributed by atoms with Gasteiger partial charge in [0.05, 0.1) is 19.2 Å². The first-order valence-electron chi connectivity index (χ1n) is 17.1. The van der Waals surface area contributed by atoms with Crippen LogP contribution in [-0.4, -0.2) is 0 Å². The summed E-state index contributed by atoms with van der Waals surface area (Å²) in [6, 6.07) is 2.19. The van der Waals surface area contributed by atoms with Crippen molar-refractivity contribution in [2.45, 2.75) is 0 Å².